The van der Waals surface area contributed by atoms with Crippen molar-refractivity contribution in [1.82, 2.24) is 24.9 Å². The Bertz CT molecular complexity index is 1090. The second kappa shape index (κ2) is 6.73. The molecule has 0 fully saturated rings. The summed E-state index contributed by atoms with van der Waals surface area (Å²) in [5, 5.41) is 0.714. The molecule has 27 heavy (non-hydrogen) atoms. The van der Waals surface area contributed by atoms with E-state index in [0.29, 0.717) is 16.1 Å². The minimum absolute atomic E-state index is 0.0990. The molecule has 1 amide bonds. The Morgan fingerprint density at radius 3 is 2.89 bits per heavy atom. The van der Waals surface area contributed by atoms with E-state index in [-0.39, 0.29) is 17.2 Å². The van der Waals surface area contributed by atoms with Crippen LogP contribution in [0.1, 0.15) is 52.3 Å². The zero-order valence-corrected chi connectivity index (χ0v) is 16.2. The van der Waals surface area contributed by atoms with E-state index in [1.54, 1.807) is 25.3 Å². The average molecular weight is 384 g/mol. The number of thiophene rings is 1. The maximum absolute atomic E-state index is 12.9. The zero-order chi connectivity index (χ0) is 19.1. The molecule has 3 heterocycles. The highest BCUT2D eigenvalue weighted by Gasteiger charge is 2.25. The van der Waals surface area contributed by atoms with Gasteiger partial charge in [0.2, 0.25) is 5.95 Å². The van der Waals surface area contributed by atoms with Gasteiger partial charge in [0.25, 0.3) is 11.5 Å². The minimum Gasteiger partial charge on any atom is -0.280 e. The van der Waals surface area contributed by atoms with Crippen molar-refractivity contribution in [2.24, 2.45) is 7.05 Å². The van der Waals surface area contributed by atoms with Gasteiger partial charge in [-0.25, -0.2) is 9.97 Å². The molecule has 0 saturated carbocycles. The monoisotopic (exact) mass is 384 g/mol. The van der Waals surface area contributed by atoms with Crippen LogP contribution < -0.4 is 16.4 Å². The zero-order valence-electron chi connectivity index (χ0n) is 15.4. The molecule has 1 atom stereocenters. The quantitative estimate of drug-likeness (QED) is 0.672. The summed E-state index contributed by atoms with van der Waals surface area (Å²) in [6.07, 6.45) is 6.15. The largest absolute Gasteiger partial charge is 0.289 e. The van der Waals surface area contributed by atoms with Crippen LogP contribution in [0.3, 0.4) is 0 Å². The van der Waals surface area contributed by atoms with Gasteiger partial charge < -0.3 is 0 Å². The van der Waals surface area contributed by atoms with E-state index in [4.69, 9.17) is 0 Å². The molecular formula is C18H20N6O2S. The fraction of sp³-hybridized carbons (Fsp3) is 0.389. The molecule has 2 N–H and O–H groups in total. The lowest BCUT2D eigenvalue weighted by Gasteiger charge is -2.18. The molecule has 3 aromatic heterocycles. The predicted molar refractivity (Wildman–Crippen MR) is 104 cm³/mol. The van der Waals surface area contributed by atoms with Crippen LogP contribution in [0, 0.1) is 6.92 Å². The Kier molecular flexibility index (Phi) is 4.39. The van der Waals surface area contributed by atoms with E-state index in [1.165, 1.54) is 21.8 Å². The first-order valence-electron chi connectivity index (χ1n) is 8.83. The summed E-state index contributed by atoms with van der Waals surface area (Å²) in [7, 11) is 1.65. The standard InChI is InChI=1S/C18H20N6O2S/c1-9-5-4-6-12-13(9)14-16(27-12)21-18(24(3)17(14)26)23-22-15(25)11-8-19-10(2)7-20-11/h7-9H,4-6H2,1-3H3,(H,21,23)(H,22,25). The summed E-state index contributed by atoms with van der Waals surface area (Å²) in [5.74, 6) is 0.207. The first-order valence-corrected chi connectivity index (χ1v) is 9.64. The maximum atomic E-state index is 12.9. The highest BCUT2D eigenvalue weighted by Crippen LogP contribution is 2.40. The topological polar surface area (TPSA) is 102 Å². The van der Waals surface area contributed by atoms with Crippen molar-refractivity contribution in [3.63, 3.8) is 0 Å². The molecule has 0 aliphatic heterocycles. The Labute approximate surface area is 159 Å². The number of aryl methyl sites for hydroxylation is 2. The molecule has 1 unspecified atom stereocenters. The number of nitrogens with zero attached hydrogens (tertiary/aromatic N) is 4. The summed E-state index contributed by atoms with van der Waals surface area (Å²) in [4.78, 5) is 39.8. The lowest BCUT2D eigenvalue weighted by Crippen LogP contribution is -2.34. The van der Waals surface area contributed by atoms with Crippen LogP contribution in [-0.4, -0.2) is 25.4 Å². The van der Waals surface area contributed by atoms with Gasteiger partial charge in [-0.3, -0.25) is 30.0 Å². The Morgan fingerprint density at radius 2 is 2.15 bits per heavy atom. The van der Waals surface area contributed by atoms with Crippen LogP contribution >= 0.6 is 11.3 Å². The Morgan fingerprint density at radius 1 is 1.33 bits per heavy atom. The molecule has 0 aromatic carbocycles. The molecular weight excluding hydrogens is 364 g/mol. The number of fused-ring (bicyclic) bond motifs is 3. The van der Waals surface area contributed by atoms with E-state index in [9.17, 15) is 9.59 Å². The number of hydrogen-bond acceptors (Lipinski definition) is 7. The molecule has 3 aromatic rings. The van der Waals surface area contributed by atoms with E-state index in [2.05, 4.69) is 32.7 Å². The van der Waals surface area contributed by atoms with Gasteiger partial charge in [0.1, 0.15) is 10.5 Å². The third kappa shape index (κ3) is 3.08. The van der Waals surface area contributed by atoms with E-state index >= 15 is 0 Å². The third-order valence-corrected chi connectivity index (χ3v) is 6.04. The van der Waals surface area contributed by atoms with E-state index < -0.39 is 5.91 Å². The molecule has 8 nitrogen and oxygen atoms in total. The van der Waals surface area contributed by atoms with Crippen LogP contribution in [0.25, 0.3) is 10.2 Å². The Hall–Kier alpha value is -2.81. The molecule has 1 aliphatic carbocycles. The molecule has 9 heteroatoms. The summed E-state index contributed by atoms with van der Waals surface area (Å²) < 4.78 is 1.43. The van der Waals surface area contributed by atoms with Gasteiger partial charge in [-0.05, 0) is 37.7 Å². The van der Waals surface area contributed by atoms with Gasteiger partial charge in [0, 0.05) is 18.1 Å². The van der Waals surface area contributed by atoms with Crippen molar-refractivity contribution >= 4 is 33.4 Å². The van der Waals surface area contributed by atoms with Crippen LogP contribution in [-0.2, 0) is 13.5 Å². The lowest BCUT2D eigenvalue weighted by molar-refractivity contribution is 0.0957. The second-order valence-electron chi connectivity index (χ2n) is 6.83. The third-order valence-electron chi connectivity index (χ3n) is 4.88. The molecule has 0 spiro atoms. The fourth-order valence-corrected chi connectivity index (χ4v) is 4.74. The van der Waals surface area contributed by atoms with E-state index in [1.807, 2.05) is 0 Å². The predicted octanol–water partition coefficient (Wildman–Crippen LogP) is 2.29. The fourth-order valence-electron chi connectivity index (χ4n) is 3.42. The van der Waals surface area contributed by atoms with Gasteiger partial charge in [-0.2, -0.15) is 0 Å². The first kappa shape index (κ1) is 17.6. The van der Waals surface area contributed by atoms with Gasteiger partial charge in [0.15, 0.2) is 0 Å². The second-order valence-corrected chi connectivity index (χ2v) is 7.92. The van der Waals surface area contributed by atoms with Crippen molar-refractivity contribution in [2.75, 3.05) is 5.43 Å². The number of anilines is 1. The number of rotatable bonds is 3. The van der Waals surface area contributed by atoms with Crippen molar-refractivity contribution < 1.29 is 4.79 Å². The number of carbonyl (C=O) groups excluding carboxylic acids is 1. The highest BCUT2D eigenvalue weighted by atomic mass is 32.1. The lowest BCUT2D eigenvalue weighted by atomic mass is 9.88. The maximum Gasteiger partial charge on any atom is 0.289 e. The van der Waals surface area contributed by atoms with Crippen molar-refractivity contribution in [2.45, 2.75) is 39.0 Å². The van der Waals surface area contributed by atoms with Crippen molar-refractivity contribution in [1.29, 1.82) is 0 Å². The van der Waals surface area contributed by atoms with E-state index in [0.717, 1.165) is 30.5 Å². The molecule has 1 aliphatic rings. The SMILES string of the molecule is Cc1cnc(C(=O)NNc2nc3sc4c(c3c(=O)n2C)C(C)CCC4)cn1. The van der Waals surface area contributed by atoms with Gasteiger partial charge in [0.05, 0.1) is 17.3 Å². The summed E-state index contributed by atoms with van der Waals surface area (Å²) in [6.45, 7) is 3.96. The number of nitrogens with one attached hydrogen (secondary N) is 2. The summed E-state index contributed by atoms with van der Waals surface area (Å²) in [6, 6.07) is 0. The highest BCUT2D eigenvalue weighted by molar-refractivity contribution is 7.18. The smallest absolute Gasteiger partial charge is 0.280 e. The molecule has 0 saturated heterocycles. The normalized spacial score (nSPS) is 16.2. The number of aromatic nitrogens is 4. The molecule has 0 bridgehead atoms. The van der Waals surface area contributed by atoms with Crippen LogP contribution in [0.4, 0.5) is 5.95 Å². The van der Waals surface area contributed by atoms with Gasteiger partial charge in [-0.15, -0.1) is 11.3 Å². The van der Waals surface area contributed by atoms with Gasteiger partial charge in [-0.1, -0.05) is 6.92 Å². The number of carbonyl (C=O) groups is 1. The van der Waals surface area contributed by atoms with Crippen LogP contribution in [0.5, 0.6) is 0 Å². The first-order chi connectivity index (χ1) is 13.0. The summed E-state index contributed by atoms with van der Waals surface area (Å²) in [5.41, 5.74) is 7.23. The molecule has 4 rings (SSSR count). The van der Waals surface area contributed by atoms with Gasteiger partial charge >= 0.3 is 0 Å². The van der Waals surface area contributed by atoms with Crippen LogP contribution in [0.2, 0.25) is 0 Å². The minimum atomic E-state index is -0.448. The van der Waals surface area contributed by atoms with Crippen LogP contribution in [0.15, 0.2) is 17.2 Å². The Balaban J connectivity index is 1.65. The number of hydrazine groups is 1. The summed E-state index contributed by atoms with van der Waals surface area (Å²) >= 11 is 1.57. The average Bonchev–Trinajstić information content (AvgIpc) is 3.03. The molecule has 0 radical (unpaired) electrons. The van der Waals surface area contributed by atoms with Crippen molar-refractivity contribution in [3.8, 4) is 0 Å². The number of hydrogen-bond donors (Lipinski definition) is 2. The van der Waals surface area contributed by atoms with Crippen molar-refractivity contribution in [3.05, 3.63) is 44.6 Å². The number of amides is 1. The molecule has 140 valence electrons.